The lowest BCUT2D eigenvalue weighted by molar-refractivity contribution is -0.131. The zero-order valence-corrected chi connectivity index (χ0v) is 14.0. The van der Waals surface area contributed by atoms with E-state index in [1.165, 1.54) is 0 Å². The van der Waals surface area contributed by atoms with Gasteiger partial charge in [0.15, 0.2) is 0 Å². The average Bonchev–Trinajstić information content (AvgIpc) is 3.02. The zero-order valence-electron chi connectivity index (χ0n) is 12.5. The first-order valence-electron chi connectivity index (χ1n) is 7.49. The Labute approximate surface area is 145 Å². The highest BCUT2D eigenvalue weighted by Crippen LogP contribution is 2.35. The SMILES string of the molecule is Nc1ccc(CC(=O)N2CCCC2c2ccc(Cl)c(Cl)c2)nc1. The number of amides is 1. The third-order valence-electron chi connectivity index (χ3n) is 4.08. The van der Waals surface area contributed by atoms with E-state index in [-0.39, 0.29) is 18.4 Å². The van der Waals surface area contributed by atoms with Crippen molar-refractivity contribution in [3.8, 4) is 0 Å². The summed E-state index contributed by atoms with van der Waals surface area (Å²) in [6, 6.07) is 9.16. The van der Waals surface area contributed by atoms with Gasteiger partial charge in [-0.25, -0.2) is 0 Å². The smallest absolute Gasteiger partial charge is 0.229 e. The molecule has 2 heterocycles. The molecule has 1 fully saturated rings. The number of aromatic nitrogens is 1. The number of likely N-dealkylation sites (tertiary alicyclic amines) is 1. The van der Waals surface area contributed by atoms with E-state index in [4.69, 9.17) is 28.9 Å². The third-order valence-corrected chi connectivity index (χ3v) is 4.82. The molecular weight excluding hydrogens is 333 g/mol. The molecule has 120 valence electrons. The molecule has 1 aromatic heterocycles. The second-order valence-corrected chi connectivity index (χ2v) is 6.49. The van der Waals surface area contributed by atoms with Crippen LogP contribution in [0.25, 0.3) is 0 Å². The predicted molar refractivity (Wildman–Crippen MR) is 92.5 cm³/mol. The Kier molecular flexibility index (Phi) is 4.74. The van der Waals surface area contributed by atoms with Crippen molar-refractivity contribution in [1.29, 1.82) is 0 Å². The van der Waals surface area contributed by atoms with Gasteiger partial charge in [-0.15, -0.1) is 0 Å². The van der Waals surface area contributed by atoms with E-state index < -0.39 is 0 Å². The van der Waals surface area contributed by atoms with Crippen LogP contribution in [0, 0.1) is 0 Å². The monoisotopic (exact) mass is 349 g/mol. The molecule has 1 atom stereocenters. The Balaban J connectivity index is 1.76. The van der Waals surface area contributed by atoms with Crippen LogP contribution >= 0.6 is 23.2 Å². The zero-order chi connectivity index (χ0) is 16.4. The number of pyridine rings is 1. The minimum Gasteiger partial charge on any atom is -0.397 e. The van der Waals surface area contributed by atoms with Gasteiger partial charge in [0, 0.05) is 12.2 Å². The number of rotatable bonds is 3. The van der Waals surface area contributed by atoms with E-state index in [0.29, 0.717) is 15.7 Å². The first kappa shape index (κ1) is 16.1. The summed E-state index contributed by atoms with van der Waals surface area (Å²) in [6.07, 6.45) is 3.76. The van der Waals surface area contributed by atoms with Gasteiger partial charge in [0.2, 0.25) is 5.91 Å². The van der Waals surface area contributed by atoms with Crippen LogP contribution in [0.5, 0.6) is 0 Å². The Hall–Kier alpha value is -1.78. The van der Waals surface area contributed by atoms with Crippen LogP contribution in [0.4, 0.5) is 5.69 Å². The molecule has 2 N–H and O–H groups in total. The van der Waals surface area contributed by atoms with Gasteiger partial charge in [0.1, 0.15) is 0 Å². The van der Waals surface area contributed by atoms with Crippen LogP contribution in [0.15, 0.2) is 36.5 Å². The molecule has 1 aromatic carbocycles. The number of nitrogen functional groups attached to an aromatic ring is 1. The predicted octanol–water partition coefficient (Wildman–Crippen LogP) is 3.88. The van der Waals surface area contributed by atoms with E-state index in [1.54, 1.807) is 24.4 Å². The molecule has 0 aliphatic carbocycles. The number of halogens is 2. The summed E-state index contributed by atoms with van der Waals surface area (Å²) in [4.78, 5) is 18.7. The van der Waals surface area contributed by atoms with Crippen molar-refractivity contribution in [2.75, 3.05) is 12.3 Å². The minimum atomic E-state index is 0.0473. The maximum Gasteiger partial charge on any atom is 0.229 e. The highest BCUT2D eigenvalue weighted by atomic mass is 35.5. The second-order valence-electron chi connectivity index (χ2n) is 5.68. The molecule has 1 saturated heterocycles. The van der Waals surface area contributed by atoms with Gasteiger partial charge in [0.05, 0.1) is 34.4 Å². The summed E-state index contributed by atoms with van der Waals surface area (Å²) in [6.45, 7) is 0.749. The van der Waals surface area contributed by atoms with E-state index in [9.17, 15) is 4.79 Å². The van der Waals surface area contributed by atoms with E-state index in [2.05, 4.69) is 4.98 Å². The van der Waals surface area contributed by atoms with Crippen LogP contribution in [0.1, 0.15) is 30.1 Å². The fraction of sp³-hybridized carbons (Fsp3) is 0.294. The lowest BCUT2D eigenvalue weighted by atomic mass is 10.0. The average molecular weight is 350 g/mol. The first-order valence-corrected chi connectivity index (χ1v) is 8.25. The van der Waals surface area contributed by atoms with Crippen LogP contribution in [-0.4, -0.2) is 22.3 Å². The summed E-state index contributed by atoms with van der Waals surface area (Å²) in [5.41, 5.74) is 7.97. The molecule has 6 heteroatoms. The number of carbonyl (C=O) groups excluding carboxylic acids is 1. The molecule has 23 heavy (non-hydrogen) atoms. The van der Waals surface area contributed by atoms with Crippen molar-refractivity contribution < 1.29 is 4.79 Å². The van der Waals surface area contributed by atoms with E-state index in [0.717, 1.165) is 30.6 Å². The molecule has 1 aliphatic heterocycles. The van der Waals surface area contributed by atoms with E-state index >= 15 is 0 Å². The summed E-state index contributed by atoms with van der Waals surface area (Å²) in [5, 5.41) is 1.04. The van der Waals surface area contributed by atoms with Crippen LogP contribution in [0.2, 0.25) is 10.0 Å². The number of hydrogen-bond donors (Lipinski definition) is 1. The number of nitrogens with zero attached hydrogens (tertiary/aromatic N) is 2. The largest absolute Gasteiger partial charge is 0.397 e. The minimum absolute atomic E-state index is 0.0473. The van der Waals surface area contributed by atoms with Crippen molar-refractivity contribution in [3.63, 3.8) is 0 Å². The molecule has 0 saturated carbocycles. The standard InChI is InChI=1S/C17H17Cl2N3O/c18-14-6-3-11(8-15(14)19)16-2-1-7-22(16)17(23)9-13-5-4-12(20)10-21-13/h3-6,8,10,16H,1-2,7,9,20H2. The summed E-state index contributed by atoms with van der Waals surface area (Å²) in [7, 11) is 0. The highest BCUT2D eigenvalue weighted by molar-refractivity contribution is 6.42. The molecule has 3 rings (SSSR count). The van der Waals surface area contributed by atoms with Crippen LogP contribution < -0.4 is 5.73 Å². The molecule has 0 spiro atoms. The van der Waals surface area contributed by atoms with Crippen molar-refractivity contribution in [3.05, 3.63) is 57.8 Å². The van der Waals surface area contributed by atoms with Crippen molar-refractivity contribution in [1.82, 2.24) is 9.88 Å². The Morgan fingerprint density at radius 3 is 2.78 bits per heavy atom. The molecule has 0 bridgehead atoms. The number of carbonyl (C=O) groups is 1. The Bertz CT molecular complexity index is 718. The maximum absolute atomic E-state index is 12.6. The van der Waals surface area contributed by atoms with Gasteiger partial charge in [0.25, 0.3) is 0 Å². The summed E-state index contributed by atoms with van der Waals surface area (Å²) >= 11 is 12.1. The quantitative estimate of drug-likeness (QED) is 0.914. The van der Waals surface area contributed by atoms with Crippen molar-refractivity contribution in [2.24, 2.45) is 0 Å². The number of nitrogens with two attached hydrogens (primary N) is 1. The lowest BCUT2D eigenvalue weighted by Gasteiger charge is -2.25. The van der Waals surface area contributed by atoms with Gasteiger partial charge in [-0.3, -0.25) is 9.78 Å². The van der Waals surface area contributed by atoms with Crippen LogP contribution in [-0.2, 0) is 11.2 Å². The summed E-state index contributed by atoms with van der Waals surface area (Å²) in [5.74, 6) is 0.0656. The second kappa shape index (κ2) is 6.77. The fourth-order valence-corrected chi connectivity index (χ4v) is 3.23. The Morgan fingerprint density at radius 2 is 2.09 bits per heavy atom. The third kappa shape index (κ3) is 3.59. The molecule has 2 aromatic rings. The molecular formula is C17H17Cl2N3O. The highest BCUT2D eigenvalue weighted by Gasteiger charge is 2.30. The van der Waals surface area contributed by atoms with Crippen molar-refractivity contribution in [2.45, 2.75) is 25.3 Å². The summed E-state index contributed by atoms with van der Waals surface area (Å²) < 4.78 is 0. The van der Waals surface area contributed by atoms with E-state index in [1.807, 2.05) is 17.0 Å². The molecule has 1 amide bonds. The maximum atomic E-state index is 12.6. The molecule has 4 nitrogen and oxygen atoms in total. The lowest BCUT2D eigenvalue weighted by Crippen LogP contribution is -2.32. The fourth-order valence-electron chi connectivity index (χ4n) is 2.93. The van der Waals surface area contributed by atoms with Crippen molar-refractivity contribution >= 4 is 34.8 Å². The van der Waals surface area contributed by atoms with Gasteiger partial charge >= 0.3 is 0 Å². The molecule has 1 aliphatic rings. The van der Waals surface area contributed by atoms with Gasteiger partial charge in [-0.05, 0) is 42.7 Å². The number of hydrogen-bond acceptors (Lipinski definition) is 3. The number of anilines is 1. The Morgan fingerprint density at radius 1 is 1.26 bits per heavy atom. The topological polar surface area (TPSA) is 59.2 Å². The van der Waals surface area contributed by atoms with Crippen LogP contribution in [0.3, 0.4) is 0 Å². The first-order chi connectivity index (χ1) is 11.0. The normalized spacial score (nSPS) is 17.5. The van der Waals surface area contributed by atoms with Gasteiger partial charge in [-0.2, -0.15) is 0 Å². The molecule has 1 unspecified atom stereocenters. The van der Waals surface area contributed by atoms with Gasteiger partial charge in [-0.1, -0.05) is 29.3 Å². The van der Waals surface area contributed by atoms with Gasteiger partial charge < -0.3 is 10.6 Å². The number of benzene rings is 1. The molecule has 0 radical (unpaired) electrons.